The van der Waals surface area contributed by atoms with Crippen LogP contribution < -0.4 is 14.2 Å². The summed E-state index contributed by atoms with van der Waals surface area (Å²) in [5, 5.41) is 9.58. The summed E-state index contributed by atoms with van der Waals surface area (Å²) in [7, 11) is 3.97. The molecule has 0 saturated carbocycles. The summed E-state index contributed by atoms with van der Waals surface area (Å²) >= 11 is 13.3. The number of aromatic carboxylic acids is 1. The predicted octanol–water partition coefficient (Wildman–Crippen LogP) is 7.10. The molecule has 1 fully saturated rings. The molecule has 1 aliphatic heterocycles. The van der Waals surface area contributed by atoms with E-state index in [-0.39, 0.29) is 11.5 Å². The van der Waals surface area contributed by atoms with Crippen molar-refractivity contribution in [1.82, 2.24) is 9.80 Å². The SMILES string of the molecule is CCCOc1ccc(-c2ccc(OCCN(C)C)c(/C=C3\SC(=S)N(CCCOc4ccc(C(=O)O)cc4)C3=O)c2)cc1Cl. The van der Waals surface area contributed by atoms with Crippen molar-refractivity contribution in [3.8, 4) is 28.4 Å². The number of likely N-dealkylation sites (N-methyl/N-ethyl adjacent to an activating group) is 1. The van der Waals surface area contributed by atoms with Crippen molar-refractivity contribution in [2.75, 3.05) is 47.0 Å². The number of hydrogen-bond acceptors (Lipinski definition) is 8. The second-order valence-corrected chi connectivity index (χ2v) is 12.3. The number of thioether (sulfide) groups is 1. The number of ether oxygens (including phenoxy) is 3. The van der Waals surface area contributed by atoms with E-state index in [0.717, 1.165) is 29.7 Å². The Hall–Kier alpha value is -3.57. The number of carbonyl (C=O) groups is 2. The van der Waals surface area contributed by atoms with Crippen LogP contribution in [0.4, 0.5) is 0 Å². The number of benzene rings is 3. The summed E-state index contributed by atoms with van der Waals surface area (Å²) in [6.45, 7) is 4.61. The maximum atomic E-state index is 13.4. The Morgan fingerprint density at radius 1 is 0.977 bits per heavy atom. The molecule has 1 aliphatic rings. The van der Waals surface area contributed by atoms with Crippen molar-refractivity contribution in [2.45, 2.75) is 19.8 Å². The van der Waals surface area contributed by atoms with Gasteiger partial charge in [0.25, 0.3) is 5.91 Å². The summed E-state index contributed by atoms with van der Waals surface area (Å²) in [5.74, 6) is 0.708. The molecule has 0 aliphatic carbocycles. The third-order valence-electron chi connectivity index (χ3n) is 6.59. The van der Waals surface area contributed by atoms with Crippen LogP contribution in [0.3, 0.4) is 0 Å². The zero-order valence-electron chi connectivity index (χ0n) is 24.9. The molecule has 4 rings (SSSR count). The second kappa shape index (κ2) is 15.9. The Labute approximate surface area is 272 Å². The van der Waals surface area contributed by atoms with Crippen LogP contribution >= 0.6 is 35.6 Å². The lowest BCUT2D eigenvalue weighted by atomic mass is 10.0. The van der Waals surface area contributed by atoms with Gasteiger partial charge in [0.1, 0.15) is 28.2 Å². The van der Waals surface area contributed by atoms with Crippen LogP contribution in [0.15, 0.2) is 65.6 Å². The van der Waals surface area contributed by atoms with Crippen molar-refractivity contribution in [1.29, 1.82) is 0 Å². The molecule has 0 spiro atoms. The van der Waals surface area contributed by atoms with Crippen molar-refractivity contribution in [2.24, 2.45) is 0 Å². The molecule has 1 saturated heterocycles. The number of carbonyl (C=O) groups excluding carboxylic acids is 1. The first-order chi connectivity index (χ1) is 21.2. The smallest absolute Gasteiger partial charge is 0.335 e. The number of thiocarbonyl (C=S) groups is 1. The standard InChI is InChI=1S/C33H35ClN2O6S2/c1-4-16-41-29-13-9-24(20-27(29)34)23-8-12-28(42-18-15-35(2)3)25(19-23)21-30-31(37)36(33(43)44-30)14-5-17-40-26-10-6-22(7-11-26)32(38)39/h6-13,19-21H,4-5,14-18H2,1-3H3,(H,38,39)/b30-21-. The Kier molecular flexibility index (Phi) is 12.1. The first kappa shape index (κ1) is 33.3. The topological polar surface area (TPSA) is 88.5 Å². The fourth-order valence-electron chi connectivity index (χ4n) is 4.26. The highest BCUT2D eigenvalue weighted by atomic mass is 35.5. The first-order valence-corrected chi connectivity index (χ1v) is 15.8. The average Bonchev–Trinajstić information content (AvgIpc) is 3.26. The Morgan fingerprint density at radius 3 is 2.32 bits per heavy atom. The highest BCUT2D eigenvalue weighted by Gasteiger charge is 2.32. The van der Waals surface area contributed by atoms with E-state index in [0.29, 0.717) is 64.3 Å². The maximum Gasteiger partial charge on any atom is 0.335 e. The normalized spacial score (nSPS) is 14.0. The van der Waals surface area contributed by atoms with Crippen LogP contribution in [0, 0.1) is 0 Å². The number of carboxylic acids is 1. The molecule has 8 nitrogen and oxygen atoms in total. The molecular formula is C33H35ClN2O6S2. The molecule has 3 aromatic carbocycles. The van der Waals surface area contributed by atoms with Gasteiger partial charge in [-0.3, -0.25) is 9.69 Å². The monoisotopic (exact) mass is 654 g/mol. The number of nitrogens with zero attached hydrogens (tertiary/aromatic N) is 2. The molecule has 44 heavy (non-hydrogen) atoms. The van der Waals surface area contributed by atoms with Gasteiger partial charge >= 0.3 is 5.97 Å². The van der Waals surface area contributed by atoms with Crippen LogP contribution in [0.25, 0.3) is 17.2 Å². The van der Waals surface area contributed by atoms with E-state index in [4.69, 9.17) is 43.1 Å². The Morgan fingerprint density at radius 2 is 1.66 bits per heavy atom. The minimum atomic E-state index is -0.992. The van der Waals surface area contributed by atoms with E-state index in [2.05, 4.69) is 0 Å². The first-order valence-electron chi connectivity index (χ1n) is 14.2. The minimum Gasteiger partial charge on any atom is -0.494 e. The number of hydrogen-bond donors (Lipinski definition) is 1. The van der Waals surface area contributed by atoms with Gasteiger partial charge in [0, 0.05) is 18.7 Å². The molecule has 11 heteroatoms. The highest BCUT2D eigenvalue weighted by Crippen LogP contribution is 2.37. The van der Waals surface area contributed by atoms with Crippen molar-refractivity contribution < 1.29 is 28.9 Å². The molecule has 1 N–H and O–H groups in total. The highest BCUT2D eigenvalue weighted by molar-refractivity contribution is 8.26. The second-order valence-electron chi connectivity index (χ2n) is 10.3. The van der Waals surface area contributed by atoms with E-state index in [1.54, 1.807) is 17.0 Å². The van der Waals surface area contributed by atoms with E-state index in [1.807, 2.05) is 68.4 Å². The number of halogens is 1. The zero-order valence-corrected chi connectivity index (χ0v) is 27.3. The number of carboxylic acid groups (broad SMARTS) is 1. The summed E-state index contributed by atoms with van der Waals surface area (Å²) in [4.78, 5) is 28.6. The van der Waals surface area contributed by atoms with Gasteiger partial charge in [-0.1, -0.05) is 54.6 Å². The number of rotatable bonds is 15. The fraction of sp³-hybridized carbons (Fsp3) is 0.303. The molecule has 3 aromatic rings. The van der Waals surface area contributed by atoms with Gasteiger partial charge in [0.2, 0.25) is 0 Å². The van der Waals surface area contributed by atoms with Crippen LogP contribution in [0.5, 0.6) is 17.2 Å². The molecule has 0 bridgehead atoms. The largest absolute Gasteiger partial charge is 0.494 e. The van der Waals surface area contributed by atoms with Crippen molar-refractivity contribution >= 4 is 57.9 Å². The zero-order chi connectivity index (χ0) is 31.6. The predicted molar refractivity (Wildman–Crippen MR) is 180 cm³/mol. The van der Waals surface area contributed by atoms with Gasteiger partial charge in [-0.05, 0) is 92.7 Å². The van der Waals surface area contributed by atoms with Gasteiger partial charge in [0.15, 0.2) is 0 Å². The average molecular weight is 655 g/mol. The van der Waals surface area contributed by atoms with Gasteiger partial charge in [0.05, 0.1) is 28.7 Å². The summed E-state index contributed by atoms with van der Waals surface area (Å²) in [5.41, 5.74) is 2.79. The fourth-order valence-corrected chi connectivity index (χ4v) is 5.79. The molecule has 0 aromatic heterocycles. The van der Waals surface area contributed by atoms with E-state index >= 15 is 0 Å². The van der Waals surface area contributed by atoms with Crippen molar-refractivity contribution in [3.63, 3.8) is 0 Å². The minimum absolute atomic E-state index is 0.170. The molecule has 0 radical (unpaired) electrons. The Balaban J connectivity index is 1.48. The lowest BCUT2D eigenvalue weighted by molar-refractivity contribution is -0.122. The quantitative estimate of drug-likeness (QED) is 0.105. The van der Waals surface area contributed by atoms with Gasteiger partial charge < -0.3 is 24.2 Å². The van der Waals surface area contributed by atoms with E-state index in [1.165, 1.54) is 23.9 Å². The van der Waals surface area contributed by atoms with Gasteiger partial charge in [-0.15, -0.1) is 0 Å². The lowest BCUT2D eigenvalue weighted by Crippen LogP contribution is -2.29. The number of amides is 1. The third kappa shape index (κ3) is 8.98. The third-order valence-corrected chi connectivity index (χ3v) is 8.26. The molecule has 232 valence electrons. The summed E-state index contributed by atoms with van der Waals surface area (Å²) < 4.78 is 18.0. The van der Waals surface area contributed by atoms with E-state index in [9.17, 15) is 9.59 Å². The van der Waals surface area contributed by atoms with Crippen molar-refractivity contribution in [3.05, 3.63) is 81.7 Å². The lowest BCUT2D eigenvalue weighted by Gasteiger charge is -2.15. The molecule has 1 amide bonds. The molecule has 0 atom stereocenters. The Bertz CT molecular complexity index is 1530. The molecule has 0 unspecified atom stereocenters. The summed E-state index contributed by atoms with van der Waals surface area (Å²) in [6, 6.07) is 17.8. The van der Waals surface area contributed by atoms with Crippen LogP contribution in [-0.4, -0.2) is 78.1 Å². The molecule has 1 heterocycles. The molecular weight excluding hydrogens is 620 g/mol. The maximum absolute atomic E-state index is 13.4. The van der Waals surface area contributed by atoms with Crippen LogP contribution in [0.2, 0.25) is 5.02 Å². The van der Waals surface area contributed by atoms with Gasteiger partial charge in [-0.2, -0.15) is 0 Å². The van der Waals surface area contributed by atoms with Crippen LogP contribution in [0.1, 0.15) is 35.7 Å². The van der Waals surface area contributed by atoms with E-state index < -0.39 is 5.97 Å². The van der Waals surface area contributed by atoms with Gasteiger partial charge in [-0.25, -0.2) is 4.79 Å². The van der Waals surface area contributed by atoms with Crippen LogP contribution in [-0.2, 0) is 4.79 Å². The summed E-state index contributed by atoms with van der Waals surface area (Å²) in [6.07, 6.45) is 3.27.